The minimum atomic E-state index is -0.630. The molecule has 25 heavy (non-hydrogen) atoms. The normalized spacial score (nSPS) is 17.8. The number of halogens is 3. The molecule has 136 valence electrons. The van der Waals surface area contributed by atoms with Crippen LogP contribution in [0.15, 0.2) is 37.4 Å². The maximum absolute atomic E-state index is 11.6. The lowest BCUT2D eigenvalue weighted by Crippen LogP contribution is -2.04. The highest BCUT2D eigenvalue weighted by atomic mass is 79.9. The number of hydrogen-bond donors (Lipinski definition) is 2. The van der Waals surface area contributed by atoms with Crippen LogP contribution in [0.4, 0.5) is 0 Å². The Labute approximate surface area is 168 Å². The maximum atomic E-state index is 11.6. The van der Waals surface area contributed by atoms with E-state index < -0.39 is 5.38 Å². The van der Waals surface area contributed by atoms with Crippen molar-refractivity contribution in [2.45, 2.75) is 24.6 Å². The summed E-state index contributed by atoms with van der Waals surface area (Å²) in [5.41, 5.74) is 6.91. The Morgan fingerprint density at radius 2 is 2.08 bits per heavy atom. The second-order valence-corrected chi connectivity index (χ2v) is 7.79. The molecule has 0 spiro atoms. The van der Waals surface area contributed by atoms with Crippen molar-refractivity contribution in [2.24, 2.45) is 10.7 Å². The van der Waals surface area contributed by atoms with Gasteiger partial charge >= 0.3 is 0 Å². The molecular formula is C17H19Br2ClN2O3. The lowest BCUT2D eigenvalue weighted by atomic mass is 10.1. The lowest BCUT2D eigenvalue weighted by Gasteiger charge is -2.11. The average Bonchev–Trinajstić information content (AvgIpc) is 2.78. The van der Waals surface area contributed by atoms with Crippen LogP contribution in [0.25, 0.3) is 0 Å². The number of aliphatic hydroxyl groups is 1. The number of carbonyl (C=O) groups is 1. The predicted octanol–water partition coefficient (Wildman–Crippen LogP) is 3.94. The van der Waals surface area contributed by atoms with Crippen LogP contribution in [0, 0.1) is 0 Å². The van der Waals surface area contributed by atoms with Crippen molar-refractivity contribution in [2.75, 3.05) is 19.7 Å². The molecule has 2 rings (SSSR count). The molecule has 0 radical (unpaired) electrons. The zero-order valence-corrected chi connectivity index (χ0v) is 17.4. The van der Waals surface area contributed by atoms with Crippen molar-refractivity contribution >= 4 is 55.5 Å². The molecule has 8 heteroatoms. The van der Waals surface area contributed by atoms with E-state index in [9.17, 15) is 9.90 Å². The van der Waals surface area contributed by atoms with Crippen molar-refractivity contribution in [1.82, 2.24) is 0 Å². The summed E-state index contributed by atoms with van der Waals surface area (Å²) in [7, 11) is 0. The van der Waals surface area contributed by atoms with E-state index in [4.69, 9.17) is 22.1 Å². The number of rotatable bonds is 8. The quantitative estimate of drug-likeness (QED) is 0.326. The first kappa shape index (κ1) is 20.4. The number of allylic oxidation sites excluding steroid dienone is 2. The topological polar surface area (TPSA) is 84.9 Å². The van der Waals surface area contributed by atoms with E-state index in [2.05, 4.69) is 36.9 Å². The number of benzene rings is 1. The van der Waals surface area contributed by atoms with Crippen LogP contribution in [-0.2, 0) is 11.2 Å². The van der Waals surface area contributed by atoms with Crippen LogP contribution in [0.5, 0.6) is 5.75 Å². The predicted molar refractivity (Wildman–Crippen MR) is 107 cm³/mol. The van der Waals surface area contributed by atoms with Crippen LogP contribution in [0.1, 0.15) is 18.4 Å². The Morgan fingerprint density at radius 3 is 2.64 bits per heavy atom. The Hall–Kier alpha value is -0.890. The minimum absolute atomic E-state index is 0.0860. The third-order valence-electron chi connectivity index (χ3n) is 3.63. The van der Waals surface area contributed by atoms with Gasteiger partial charge in [-0.1, -0.05) is 0 Å². The molecule has 1 aromatic rings. The molecular weight excluding hydrogens is 475 g/mol. The molecule has 1 atom stereocenters. The Kier molecular flexibility index (Phi) is 7.93. The number of nitrogens with two attached hydrogens (primary N) is 1. The molecule has 0 unspecified atom stereocenters. The zero-order valence-electron chi connectivity index (χ0n) is 13.5. The Morgan fingerprint density at radius 1 is 1.40 bits per heavy atom. The fourth-order valence-electron chi connectivity index (χ4n) is 2.37. The van der Waals surface area contributed by atoms with Gasteiger partial charge in [0, 0.05) is 25.6 Å². The molecule has 3 N–H and O–H groups in total. The van der Waals surface area contributed by atoms with Crippen LogP contribution in [0.2, 0.25) is 0 Å². The minimum Gasteiger partial charge on any atom is -0.510 e. The largest absolute Gasteiger partial charge is 0.510 e. The molecule has 0 fully saturated rings. The molecule has 1 aliphatic rings. The highest BCUT2D eigenvalue weighted by molar-refractivity contribution is 9.11. The number of nitrogens with zero attached hydrogens (tertiary/aromatic N) is 1. The van der Waals surface area contributed by atoms with Gasteiger partial charge in [-0.3, -0.25) is 9.79 Å². The summed E-state index contributed by atoms with van der Waals surface area (Å²) in [5.74, 6) is 0.473. The molecule has 1 aromatic carbocycles. The van der Waals surface area contributed by atoms with Gasteiger partial charge in [-0.2, -0.15) is 0 Å². The maximum Gasteiger partial charge on any atom is 0.169 e. The standard InChI is InChI=1S/C17H19Br2ClN2O3/c18-12-6-10(2-3-21)7-13(19)17(12)25-5-1-4-22-9-11-15(23)8-14(20)16(11)24/h6-7,9,14,24H,1-5,8,21H2/t14-/m0/s1. The molecule has 1 aliphatic carbocycles. The number of carbonyl (C=O) groups excluding carboxylic acids is 1. The summed E-state index contributed by atoms with van der Waals surface area (Å²) in [6.07, 6.45) is 3.00. The van der Waals surface area contributed by atoms with Gasteiger partial charge in [-0.15, -0.1) is 11.6 Å². The van der Waals surface area contributed by atoms with E-state index >= 15 is 0 Å². The summed E-state index contributed by atoms with van der Waals surface area (Å²) in [5, 5.41) is 9.06. The van der Waals surface area contributed by atoms with E-state index in [-0.39, 0.29) is 23.5 Å². The van der Waals surface area contributed by atoms with Crippen LogP contribution in [0.3, 0.4) is 0 Å². The molecule has 0 saturated heterocycles. The van der Waals surface area contributed by atoms with Gasteiger partial charge in [0.15, 0.2) is 5.78 Å². The van der Waals surface area contributed by atoms with Crippen molar-refractivity contribution in [1.29, 1.82) is 0 Å². The van der Waals surface area contributed by atoms with Crippen molar-refractivity contribution in [3.63, 3.8) is 0 Å². The third kappa shape index (κ3) is 5.54. The van der Waals surface area contributed by atoms with E-state index in [1.54, 1.807) is 0 Å². The van der Waals surface area contributed by atoms with Gasteiger partial charge in [0.25, 0.3) is 0 Å². The smallest absolute Gasteiger partial charge is 0.169 e. The van der Waals surface area contributed by atoms with Crippen molar-refractivity contribution in [3.8, 4) is 5.75 Å². The average molecular weight is 495 g/mol. The third-order valence-corrected chi connectivity index (χ3v) is 5.17. The van der Waals surface area contributed by atoms with E-state index in [0.717, 1.165) is 26.7 Å². The molecule has 0 saturated carbocycles. The molecule has 0 bridgehead atoms. The first-order chi connectivity index (χ1) is 11.9. The molecule has 0 aromatic heterocycles. The number of Topliss-reactive ketones (excluding diaryl/α,β-unsaturated/α-hetero) is 1. The molecule has 5 nitrogen and oxygen atoms in total. The number of ketones is 1. The Bertz CT molecular complexity index is 684. The van der Waals surface area contributed by atoms with E-state index in [1.807, 2.05) is 12.1 Å². The molecule has 0 aliphatic heterocycles. The van der Waals surface area contributed by atoms with Crippen LogP contribution in [-0.4, -0.2) is 42.2 Å². The van der Waals surface area contributed by atoms with Gasteiger partial charge in [0.1, 0.15) is 11.5 Å². The molecule has 0 heterocycles. The zero-order chi connectivity index (χ0) is 18.4. The molecule has 0 amide bonds. The first-order valence-corrected chi connectivity index (χ1v) is 9.87. The number of ether oxygens (including phenoxy) is 1. The van der Waals surface area contributed by atoms with Crippen LogP contribution >= 0.6 is 43.5 Å². The summed E-state index contributed by atoms with van der Waals surface area (Å²) >= 11 is 12.8. The summed E-state index contributed by atoms with van der Waals surface area (Å²) in [6.45, 7) is 1.55. The van der Waals surface area contributed by atoms with Gasteiger partial charge in [-0.25, -0.2) is 0 Å². The Balaban J connectivity index is 1.82. The summed E-state index contributed by atoms with van der Waals surface area (Å²) in [4.78, 5) is 15.8. The monoisotopic (exact) mass is 492 g/mol. The van der Waals surface area contributed by atoms with Gasteiger partial charge in [0.2, 0.25) is 0 Å². The highest BCUT2D eigenvalue weighted by Gasteiger charge is 2.29. The van der Waals surface area contributed by atoms with E-state index in [0.29, 0.717) is 26.1 Å². The number of aliphatic hydroxyl groups excluding tert-OH is 1. The number of hydrogen-bond acceptors (Lipinski definition) is 5. The van der Waals surface area contributed by atoms with Crippen LogP contribution < -0.4 is 10.5 Å². The van der Waals surface area contributed by atoms with Gasteiger partial charge in [-0.05, 0) is 62.5 Å². The highest BCUT2D eigenvalue weighted by Crippen LogP contribution is 2.35. The summed E-state index contributed by atoms with van der Waals surface area (Å²) < 4.78 is 7.52. The van der Waals surface area contributed by atoms with Gasteiger partial charge < -0.3 is 15.6 Å². The van der Waals surface area contributed by atoms with Crippen molar-refractivity contribution < 1.29 is 14.6 Å². The van der Waals surface area contributed by atoms with Crippen molar-refractivity contribution in [3.05, 3.63) is 38.0 Å². The second-order valence-electron chi connectivity index (χ2n) is 5.56. The SMILES string of the molecule is NCCc1cc(Br)c(OCCCN=CC2=C(O)[C@@H](Cl)CC2=O)c(Br)c1. The van der Waals surface area contributed by atoms with Gasteiger partial charge in [0.05, 0.1) is 26.5 Å². The summed E-state index contributed by atoms with van der Waals surface area (Å²) in [6, 6.07) is 3.99. The fraction of sp³-hybridized carbons (Fsp3) is 0.412. The van der Waals surface area contributed by atoms with E-state index in [1.165, 1.54) is 6.21 Å². The first-order valence-electron chi connectivity index (χ1n) is 7.85. The lowest BCUT2D eigenvalue weighted by molar-refractivity contribution is -0.114. The number of aliphatic imine (C=N–C) groups is 1. The second kappa shape index (κ2) is 9.71. The fourth-order valence-corrected chi connectivity index (χ4v) is 4.13. The number of alkyl halides is 1.